The number of hydrogen-bond acceptors (Lipinski definition) is 2. The van der Waals surface area contributed by atoms with Gasteiger partial charge in [0.25, 0.3) is 0 Å². The first-order valence-corrected chi connectivity index (χ1v) is 5.81. The van der Waals surface area contributed by atoms with E-state index in [1.807, 2.05) is 0 Å². The first kappa shape index (κ1) is 12.9. The minimum Gasteiger partial charge on any atom is -0.490 e. The first-order chi connectivity index (χ1) is 8.45. The molecule has 2 rings (SSSR count). The van der Waals surface area contributed by atoms with Crippen LogP contribution >= 0.6 is 0 Å². The fourth-order valence-electron chi connectivity index (χ4n) is 2.02. The molecule has 18 heavy (non-hydrogen) atoms. The normalized spacial score (nSPS) is 20.8. The van der Waals surface area contributed by atoms with Crippen molar-refractivity contribution < 1.29 is 22.7 Å². The van der Waals surface area contributed by atoms with E-state index in [1.165, 1.54) is 12.1 Å². The van der Waals surface area contributed by atoms with Gasteiger partial charge in [0.15, 0.2) is 0 Å². The smallest absolute Gasteiger partial charge is 0.416 e. The van der Waals surface area contributed by atoms with Crippen molar-refractivity contribution in [2.45, 2.75) is 38.0 Å². The molecule has 0 heterocycles. The lowest BCUT2D eigenvalue weighted by atomic mass is 9.96. The zero-order chi connectivity index (χ0) is 13.2. The largest absolute Gasteiger partial charge is 0.490 e. The third-order valence-electron chi connectivity index (χ3n) is 2.90. The maximum atomic E-state index is 12.5. The third-order valence-corrected chi connectivity index (χ3v) is 2.90. The minimum atomic E-state index is -4.37. The van der Waals surface area contributed by atoms with E-state index in [2.05, 4.69) is 0 Å². The molecule has 1 atom stereocenters. The number of alkyl halides is 3. The molecule has 0 N–H and O–H groups in total. The van der Waals surface area contributed by atoms with E-state index in [-0.39, 0.29) is 24.1 Å². The van der Waals surface area contributed by atoms with Gasteiger partial charge in [-0.15, -0.1) is 0 Å². The van der Waals surface area contributed by atoms with Crippen molar-refractivity contribution in [2.75, 3.05) is 0 Å². The van der Waals surface area contributed by atoms with Gasteiger partial charge in [-0.25, -0.2) is 0 Å². The summed E-state index contributed by atoms with van der Waals surface area (Å²) in [6.07, 6.45) is -2.39. The maximum Gasteiger partial charge on any atom is 0.416 e. The molecule has 1 fully saturated rings. The second-order valence-corrected chi connectivity index (χ2v) is 4.40. The SMILES string of the molecule is O=C1CCCC(Oc2cccc(C(F)(F)F)c2)C1. The molecule has 1 unspecified atom stereocenters. The molecule has 0 radical (unpaired) electrons. The monoisotopic (exact) mass is 258 g/mol. The van der Waals surface area contributed by atoms with E-state index < -0.39 is 11.7 Å². The number of carbonyl (C=O) groups is 1. The lowest BCUT2D eigenvalue weighted by Gasteiger charge is -2.22. The van der Waals surface area contributed by atoms with Crippen molar-refractivity contribution in [3.05, 3.63) is 29.8 Å². The number of ketones is 1. The Kier molecular flexibility index (Phi) is 3.59. The van der Waals surface area contributed by atoms with Gasteiger partial charge in [0.05, 0.1) is 5.56 Å². The number of ether oxygens (including phenoxy) is 1. The molecule has 0 bridgehead atoms. The van der Waals surface area contributed by atoms with Crippen molar-refractivity contribution in [1.82, 2.24) is 0 Å². The van der Waals surface area contributed by atoms with Crippen molar-refractivity contribution in [3.63, 3.8) is 0 Å². The molecule has 1 aromatic carbocycles. The first-order valence-electron chi connectivity index (χ1n) is 5.81. The van der Waals surface area contributed by atoms with Gasteiger partial charge in [-0.3, -0.25) is 4.79 Å². The molecule has 0 spiro atoms. The molecule has 0 aromatic heterocycles. The Morgan fingerprint density at radius 2 is 2.06 bits per heavy atom. The van der Waals surface area contributed by atoms with Crippen molar-refractivity contribution in [2.24, 2.45) is 0 Å². The predicted octanol–water partition coefficient (Wildman–Crippen LogP) is 3.60. The van der Waals surface area contributed by atoms with Gasteiger partial charge in [-0.1, -0.05) is 6.07 Å². The highest BCUT2D eigenvalue weighted by Crippen LogP contribution is 2.32. The average Bonchev–Trinajstić information content (AvgIpc) is 2.28. The number of hydrogen-bond donors (Lipinski definition) is 0. The van der Waals surface area contributed by atoms with E-state index in [0.717, 1.165) is 18.6 Å². The van der Waals surface area contributed by atoms with Crippen LogP contribution in [0, 0.1) is 0 Å². The summed E-state index contributed by atoms with van der Waals surface area (Å²) in [5, 5.41) is 0. The fourth-order valence-corrected chi connectivity index (χ4v) is 2.02. The molecule has 1 aliphatic carbocycles. The van der Waals surface area contributed by atoms with Gasteiger partial charge in [-0.05, 0) is 31.0 Å². The van der Waals surface area contributed by atoms with Gasteiger partial charge >= 0.3 is 6.18 Å². The van der Waals surface area contributed by atoms with Crippen LogP contribution in [0.3, 0.4) is 0 Å². The Morgan fingerprint density at radius 3 is 2.72 bits per heavy atom. The maximum absolute atomic E-state index is 12.5. The summed E-state index contributed by atoms with van der Waals surface area (Å²) in [5.74, 6) is 0.280. The Bertz CT molecular complexity index is 440. The highest BCUT2D eigenvalue weighted by Gasteiger charge is 2.31. The summed E-state index contributed by atoms with van der Waals surface area (Å²) in [4.78, 5) is 11.2. The van der Waals surface area contributed by atoms with Crippen LogP contribution in [0.4, 0.5) is 13.2 Å². The molecular weight excluding hydrogens is 245 g/mol. The van der Waals surface area contributed by atoms with Crippen molar-refractivity contribution in [3.8, 4) is 5.75 Å². The predicted molar refractivity (Wildman–Crippen MR) is 59.3 cm³/mol. The zero-order valence-electron chi connectivity index (χ0n) is 9.67. The van der Waals surface area contributed by atoms with Gasteiger partial charge in [-0.2, -0.15) is 13.2 Å². The Hall–Kier alpha value is -1.52. The number of carbonyl (C=O) groups excluding carboxylic acids is 1. The van der Waals surface area contributed by atoms with Crippen LogP contribution in [0.15, 0.2) is 24.3 Å². The van der Waals surface area contributed by atoms with E-state index in [0.29, 0.717) is 12.8 Å². The summed E-state index contributed by atoms with van der Waals surface area (Å²) >= 11 is 0. The van der Waals surface area contributed by atoms with Gasteiger partial charge < -0.3 is 4.74 Å². The number of benzene rings is 1. The summed E-state index contributed by atoms with van der Waals surface area (Å²) in [7, 11) is 0. The second kappa shape index (κ2) is 5.00. The molecule has 1 saturated carbocycles. The van der Waals surface area contributed by atoms with Crippen molar-refractivity contribution in [1.29, 1.82) is 0 Å². The Balaban J connectivity index is 2.07. The van der Waals surface area contributed by atoms with Gasteiger partial charge in [0.1, 0.15) is 17.6 Å². The highest BCUT2D eigenvalue weighted by atomic mass is 19.4. The second-order valence-electron chi connectivity index (χ2n) is 4.40. The van der Waals surface area contributed by atoms with Crippen LogP contribution in [0.1, 0.15) is 31.2 Å². The summed E-state index contributed by atoms with van der Waals surface area (Å²) in [6, 6.07) is 4.76. The topological polar surface area (TPSA) is 26.3 Å². The number of Topliss-reactive ketones (excluding diaryl/α,β-unsaturated/α-hetero) is 1. The highest BCUT2D eigenvalue weighted by molar-refractivity contribution is 5.79. The number of rotatable bonds is 2. The van der Waals surface area contributed by atoms with Gasteiger partial charge in [0.2, 0.25) is 0 Å². The summed E-state index contributed by atoms with van der Waals surface area (Å²) < 4.78 is 42.9. The van der Waals surface area contributed by atoms with Crippen LogP contribution in [0.2, 0.25) is 0 Å². The van der Waals surface area contributed by atoms with E-state index >= 15 is 0 Å². The van der Waals surface area contributed by atoms with Crippen LogP contribution in [0.25, 0.3) is 0 Å². The van der Waals surface area contributed by atoms with Crippen LogP contribution in [-0.2, 0) is 11.0 Å². The van der Waals surface area contributed by atoms with Crippen LogP contribution < -0.4 is 4.74 Å². The lowest BCUT2D eigenvalue weighted by molar-refractivity contribution is -0.137. The summed E-state index contributed by atoms with van der Waals surface area (Å²) in [6.45, 7) is 0. The van der Waals surface area contributed by atoms with Crippen LogP contribution in [-0.4, -0.2) is 11.9 Å². The molecule has 98 valence electrons. The number of halogens is 3. The van der Waals surface area contributed by atoms with E-state index in [1.54, 1.807) is 0 Å². The molecule has 0 saturated heterocycles. The molecule has 0 aliphatic heterocycles. The molecule has 2 nitrogen and oxygen atoms in total. The molecule has 0 amide bonds. The van der Waals surface area contributed by atoms with E-state index in [4.69, 9.17) is 4.74 Å². The standard InChI is InChI=1S/C13H13F3O2/c14-13(15,16)9-3-1-5-11(7-9)18-12-6-2-4-10(17)8-12/h1,3,5,7,12H,2,4,6,8H2. The molecule has 5 heteroatoms. The minimum absolute atomic E-state index is 0.109. The molecule has 1 aromatic rings. The Labute approximate surface area is 103 Å². The van der Waals surface area contributed by atoms with Crippen molar-refractivity contribution >= 4 is 5.78 Å². The zero-order valence-corrected chi connectivity index (χ0v) is 9.67. The quantitative estimate of drug-likeness (QED) is 0.810. The lowest BCUT2D eigenvalue weighted by Crippen LogP contribution is -2.25. The van der Waals surface area contributed by atoms with Crippen LogP contribution in [0.5, 0.6) is 5.75 Å². The molecule has 1 aliphatic rings. The fraction of sp³-hybridized carbons (Fsp3) is 0.462. The van der Waals surface area contributed by atoms with Gasteiger partial charge in [0, 0.05) is 12.8 Å². The Morgan fingerprint density at radius 1 is 1.28 bits per heavy atom. The molecular formula is C13H13F3O2. The third kappa shape index (κ3) is 3.24. The van der Waals surface area contributed by atoms with E-state index in [9.17, 15) is 18.0 Å². The average molecular weight is 258 g/mol. The summed E-state index contributed by atoms with van der Waals surface area (Å²) in [5.41, 5.74) is -0.734.